The van der Waals surface area contributed by atoms with Crippen LogP contribution < -0.4 is 35.9 Å². The molecule has 0 amide bonds. The van der Waals surface area contributed by atoms with Crippen molar-refractivity contribution in [2.24, 2.45) is 41.2 Å². The Kier molecular flexibility index (Phi) is 18.8. The molecule has 6 aliphatic heterocycles. The van der Waals surface area contributed by atoms with Crippen LogP contribution in [-0.4, -0.2) is 102 Å². The van der Waals surface area contributed by atoms with Crippen LogP contribution in [0.5, 0.6) is 28.7 Å². The van der Waals surface area contributed by atoms with E-state index in [1.54, 1.807) is 13.2 Å². The van der Waals surface area contributed by atoms with E-state index < -0.39 is 48.4 Å². The average Bonchev–Trinajstić information content (AvgIpc) is 1.63. The third kappa shape index (κ3) is 12.2. The van der Waals surface area contributed by atoms with Crippen molar-refractivity contribution in [2.75, 3.05) is 46.0 Å². The number of carbonyl (C=O) groups excluding carboxylic acids is 1. The number of aliphatic hydroxyl groups is 2. The maximum absolute atomic E-state index is 14.1. The van der Waals surface area contributed by atoms with Gasteiger partial charge in [0, 0.05) is 114 Å². The van der Waals surface area contributed by atoms with Crippen molar-refractivity contribution in [2.45, 2.75) is 181 Å². The Bertz CT molecular complexity index is 4180. The summed E-state index contributed by atoms with van der Waals surface area (Å²) in [7, 11) is 5.58. The smallest absolute Gasteiger partial charge is 0.302 e. The first-order chi connectivity index (χ1) is 48.4. The number of carbonyl (C=O) groups is 1. The van der Waals surface area contributed by atoms with Crippen molar-refractivity contribution in [3.8, 4) is 63.6 Å². The predicted octanol–water partition coefficient (Wildman–Crippen LogP) is 13.0. The molecule has 15 atom stereocenters. The molecule has 5 aromatic rings. The molecule has 2 spiro atoms. The fourth-order valence-corrected chi connectivity index (χ4v) is 23.5. The van der Waals surface area contributed by atoms with Gasteiger partial charge in [-0.1, -0.05) is 157 Å². The predicted molar refractivity (Wildman–Crippen MR) is 389 cm³/mol. The van der Waals surface area contributed by atoms with E-state index in [0.717, 1.165) is 140 Å². The largest absolute Gasteiger partial charge is 0.508 e. The summed E-state index contributed by atoms with van der Waals surface area (Å²) >= 11 is 0. The number of phenolic OH excluding ortho intramolecular Hbond substituents is 2. The molecule has 5 aromatic carbocycles. The molecule has 5 aliphatic carbocycles. The molecular formula is C83H94N4O10S2. The topological polar surface area (TPSA) is 206 Å². The summed E-state index contributed by atoms with van der Waals surface area (Å²) in [4.78, 5) is 13.6. The van der Waals surface area contributed by atoms with Crippen LogP contribution in [0.3, 0.4) is 0 Å². The minimum Gasteiger partial charge on any atom is -0.508 e. The van der Waals surface area contributed by atoms with Gasteiger partial charge in [-0.05, 0) is 151 Å². The van der Waals surface area contributed by atoms with E-state index in [4.69, 9.17) is 29.4 Å². The number of benzene rings is 5. The number of phenols is 2. The number of hydrogen-bond donors (Lipinski definition) is 8. The molecule has 14 nitrogen and oxygen atoms in total. The molecule has 3 saturated carbocycles. The van der Waals surface area contributed by atoms with Gasteiger partial charge in [0.25, 0.3) is 0 Å². The van der Waals surface area contributed by atoms with Crippen LogP contribution >= 0.6 is 21.6 Å². The highest BCUT2D eigenvalue weighted by Crippen LogP contribution is 2.66. The molecule has 16 heteroatoms. The summed E-state index contributed by atoms with van der Waals surface area (Å²) in [5.74, 6) is 16.2. The zero-order valence-corrected chi connectivity index (χ0v) is 58.8. The normalized spacial score (nSPS) is 31.2. The fraction of sp³-hybridized carbons (Fsp3) is 0.506. The number of ether oxygens (including phenoxy) is 5. The number of dihydropyridines is 1. The lowest BCUT2D eigenvalue weighted by Crippen LogP contribution is -2.52. The summed E-state index contributed by atoms with van der Waals surface area (Å²) < 4.78 is 34.9. The van der Waals surface area contributed by atoms with E-state index in [2.05, 4.69) is 132 Å². The zero-order chi connectivity index (χ0) is 67.7. The van der Waals surface area contributed by atoms with Crippen LogP contribution in [0.25, 0.3) is 17.2 Å². The minimum atomic E-state index is -0.905. The van der Waals surface area contributed by atoms with Crippen molar-refractivity contribution < 1.29 is 48.9 Å². The zero-order valence-electron chi connectivity index (χ0n) is 57.2. The fourth-order valence-electron chi connectivity index (χ4n) is 20.3. The number of aliphatic hydroxyl groups excluding tert-OH is 2. The SMILES string of the molecule is CCC1=CC2=C(C#C[C@@H]3C#C[C@H]4Cc5cccc(c5)C5(CCCCC5)[C@@H]2[C@H]2CC[C@@]5(Cc6cc(O)cc(OCO)c6-c6ccc7c(c65)O[C@H](c5c6c(c(O)c(c53)CNC[C@H](CO)[C@@H]4COC)O[C@@H]3[C@H](C=C6)N[C@@H]4CCC[C@@H](CSS[C@H]3Cc3ccccc3)C4)[C@H]7COC(C)=O)C2)NC1N. The Morgan fingerprint density at radius 3 is 2.60 bits per heavy atom. The quantitative estimate of drug-likeness (QED) is 0.0283. The minimum absolute atomic E-state index is 0.0143. The summed E-state index contributed by atoms with van der Waals surface area (Å²) in [6, 6.07) is 27.9. The Balaban J connectivity index is 1.04. The Morgan fingerprint density at radius 1 is 0.909 bits per heavy atom. The molecule has 6 heterocycles. The second-order valence-electron chi connectivity index (χ2n) is 30.3. The number of allylic oxidation sites excluding steroid dienone is 3. The first kappa shape index (κ1) is 66.7. The molecule has 0 radical (unpaired) electrons. The number of aromatic hydroxyl groups is 2. The number of nitrogens with two attached hydrogens (primary N) is 1. The Labute approximate surface area is 590 Å². The Morgan fingerprint density at radius 2 is 1.78 bits per heavy atom. The first-order valence-corrected chi connectivity index (χ1v) is 39.1. The van der Waals surface area contributed by atoms with E-state index >= 15 is 0 Å². The molecule has 518 valence electrons. The molecule has 4 fully saturated rings. The van der Waals surface area contributed by atoms with Crippen LogP contribution in [-0.2, 0) is 50.9 Å². The highest BCUT2D eigenvalue weighted by Gasteiger charge is 2.57. The second-order valence-corrected chi connectivity index (χ2v) is 33.0. The van der Waals surface area contributed by atoms with Crippen molar-refractivity contribution in [1.29, 1.82) is 0 Å². The molecule has 99 heavy (non-hydrogen) atoms. The number of methoxy groups -OCH3 is 1. The third-order valence-corrected chi connectivity index (χ3v) is 27.7. The van der Waals surface area contributed by atoms with Crippen LogP contribution in [0.1, 0.15) is 171 Å². The molecular weight excluding hydrogens is 1280 g/mol. The van der Waals surface area contributed by atoms with E-state index in [9.17, 15) is 25.2 Å². The average molecular weight is 1370 g/mol. The lowest BCUT2D eigenvalue weighted by atomic mass is 9.55. The van der Waals surface area contributed by atoms with Gasteiger partial charge in [0.1, 0.15) is 42.0 Å². The lowest BCUT2D eigenvalue weighted by Gasteiger charge is -2.49. The maximum atomic E-state index is 14.1. The van der Waals surface area contributed by atoms with Gasteiger partial charge < -0.3 is 65.8 Å². The van der Waals surface area contributed by atoms with Crippen LogP contribution in [0, 0.1) is 59.2 Å². The molecule has 9 N–H and O–H groups in total. The van der Waals surface area contributed by atoms with Crippen molar-refractivity contribution in [3.05, 3.63) is 163 Å². The lowest BCUT2D eigenvalue weighted by molar-refractivity contribution is -0.141. The van der Waals surface area contributed by atoms with Crippen molar-refractivity contribution >= 4 is 33.6 Å². The highest BCUT2D eigenvalue weighted by molar-refractivity contribution is 8.77. The second kappa shape index (κ2) is 27.8. The van der Waals surface area contributed by atoms with Crippen LogP contribution in [0.15, 0.2) is 108 Å². The number of rotatable bonds is 10. The standard InChI is InChI=1S/C83H94N4O10S2/c1-4-51-36-63-67(87-81(51)84)25-21-52-19-20-53-31-49-15-11-17-57(32-49)83(28-9-6-10-29-83)74(63)54-27-30-82(38-54)39-55-35-59(91)37-69(95-46-89)71(55)61-23-22-60-66(44-94-47(2)90)77(96-78(60)75(61)82)73-62-24-26-68-80(97-79(62)76(92)64(72(52)73)41-85-40-56(42-88)65(53)43-93-3)70(34-48-13-7-5-8-14-48)99-98-45-50-16-12-18-58(33-50)86-68/h5,7-8,11,13-15,17,22-24,26,32,35-37,50,52-54,56,58,65-66,68,70,74,77,80-81,85-89,91-92H,4,6,9-10,12,16,18,27-31,33-34,38-46,84H2,1-3H3/t50-,52+,53+,54+,56-,58-,65-,66+,68+,70+,74-,77+,80-,81?,82+/m1/s1. The number of fused-ring (bicyclic) bond motifs is 16. The maximum Gasteiger partial charge on any atom is 0.302 e. The molecule has 0 aromatic heterocycles. The first-order valence-electron chi connectivity index (χ1n) is 36.7. The van der Waals surface area contributed by atoms with Gasteiger partial charge >= 0.3 is 5.97 Å². The van der Waals surface area contributed by atoms with E-state index in [-0.39, 0.29) is 83.6 Å². The van der Waals surface area contributed by atoms with E-state index in [0.29, 0.717) is 60.1 Å². The van der Waals surface area contributed by atoms with Gasteiger partial charge in [-0.3, -0.25) is 4.79 Å². The van der Waals surface area contributed by atoms with Crippen LogP contribution in [0.2, 0.25) is 0 Å². The van der Waals surface area contributed by atoms with Crippen molar-refractivity contribution in [1.82, 2.24) is 16.0 Å². The van der Waals surface area contributed by atoms with Gasteiger partial charge in [0.15, 0.2) is 18.3 Å². The summed E-state index contributed by atoms with van der Waals surface area (Å²) in [5, 5.41) is 60.2. The van der Waals surface area contributed by atoms with Gasteiger partial charge in [0.2, 0.25) is 0 Å². The Hall–Kier alpha value is -6.83. The molecule has 11 bridgehead atoms. The summed E-state index contributed by atoms with van der Waals surface area (Å²) in [6.07, 6.45) is 19.8. The molecule has 11 aliphatic rings. The number of esters is 1. The van der Waals surface area contributed by atoms with Gasteiger partial charge in [-0.15, -0.1) is 0 Å². The van der Waals surface area contributed by atoms with Gasteiger partial charge in [-0.25, -0.2) is 0 Å². The molecule has 1 unspecified atom stereocenters. The van der Waals surface area contributed by atoms with E-state index in [1.165, 1.54) is 35.6 Å². The summed E-state index contributed by atoms with van der Waals surface area (Å²) in [6.45, 7) is 3.77. The van der Waals surface area contributed by atoms with Crippen LogP contribution in [0.4, 0.5) is 0 Å². The monoisotopic (exact) mass is 1370 g/mol. The molecule has 1 saturated heterocycles. The number of nitrogens with one attached hydrogen (secondary N) is 3. The molecule has 16 rings (SSSR count). The van der Waals surface area contributed by atoms with Gasteiger partial charge in [-0.2, -0.15) is 0 Å². The highest BCUT2D eigenvalue weighted by atomic mass is 33.1. The number of hydrogen-bond acceptors (Lipinski definition) is 16. The van der Waals surface area contributed by atoms with E-state index in [1.807, 2.05) is 27.7 Å². The third-order valence-electron chi connectivity index (χ3n) is 24.7. The van der Waals surface area contributed by atoms with Crippen molar-refractivity contribution in [3.63, 3.8) is 0 Å². The van der Waals surface area contributed by atoms with Gasteiger partial charge in [0.05, 0.1) is 35.7 Å². The summed E-state index contributed by atoms with van der Waals surface area (Å²) in [5.41, 5.74) is 20.4.